The molecule has 20 heavy (non-hydrogen) atoms. The number of H-pyrrole nitrogens is 1. The van der Waals surface area contributed by atoms with Gasteiger partial charge in [-0.1, -0.05) is 17.3 Å². The molecule has 1 fully saturated rings. The zero-order valence-electron chi connectivity index (χ0n) is 11.0. The summed E-state index contributed by atoms with van der Waals surface area (Å²) in [4.78, 5) is 12.3. The summed E-state index contributed by atoms with van der Waals surface area (Å²) in [6, 6.07) is 8.18. The number of hydrogen-bond acceptors (Lipinski definition) is 5. The van der Waals surface area contributed by atoms with E-state index in [-0.39, 0.29) is 6.04 Å². The van der Waals surface area contributed by atoms with E-state index in [9.17, 15) is 0 Å². The third kappa shape index (κ3) is 2.08. The van der Waals surface area contributed by atoms with E-state index in [0.717, 1.165) is 36.2 Å². The fourth-order valence-corrected chi connectivity index (χ4v) is 2.62. The van der Waals surface area contributed by atoms with Crippen LogP contribution in [0.3, 0.4) is 0 Å². The van der Waals surface area contributed by atoms with Crippen molar-refractivity contribution < 1.29 is 4.52 Å². The molecule has 102 valence electrons. The lowest BCUT2D eigenvalue weighted by molar-refractivity contribution is 0.341. The molecule has 4 rings (SSSR count). The lowest BCUT2D eigenvalue weighted by Gasteiger charge is -2.01. The summed E-state index contributed by atoms with van der Waals surface area (Å²) in [5.74, 6) is 2.22. The van der Waals surface area contributed by atoms with Crippen molar-refractivity contribution in [2.75, 3.05) is 6.54 Å². The van der Waals surface area contributed by atoms with E-state index in [4.69, 9.17) is 4.52 Å². The zero-order valence-corrected chi connectivity index (χ0v) is 11.0. The van der Waals surface area contributed by atoms with E-state index in [2.05, 4.69) is 25.4 Å². The van der Waals surface area contributed by atoms with E-state index < -0.39 is 0 Å². The van der Waals surface area contributed by atoms with Crippen molar-refractivity contribution in [3.05, 3.63) is 41.8 Å². The number of para-hydroxylation sites is 2. The highest BCUT2D eigenvalue weighted by Gasteiger charge is 2.22. The predicted molar refractivity (Wildman–Crippen MR) is 73.2 cm³/mol. The second kappa shape index (κ2) is 4.72. The molecule has 0 bridgehead atoms. The minimum atomic E-state index is 0.215. The van der Waals surface area contributed by atoms with E-state index in [1.54, 1.807) is 0 Å². The number of nitrogens with zero attached hydrogens (tertiary/aromatic N) is 3. The van der Waals surface area contributed by atoms with E-state index >= 15 is 0 Å². The van der Waals surface area contributed by atoms with Gasteiger partial charge in [-0.25, -0.2) is 4.98 Å². The van der Waals surface area contributed by atoms with Gasteiger partial charge in [0.2, 0.25) is 5.89 Å². The highest BCUT2D eigenvalue weighted by atomic mass is 16.5. The smallest absolute Gasteiger partial charge is 0.243 e. The van der Waals surface area contributed by atoms with Gasteiger partial charge in [0.1, 0.15) is 5.82 Å². The van der Waals surface area contributed by atoms with E-state index in [1.165, 1.54) is 0 Å². The Morgan fingerprint density at radius 2 is 2.20 bits per heavy atom. The summed E-state index contributed by atoms with van der Waals surface area (Å²) in [5, 5.41) is 7.39. The van der Waals surface area contributed by atoms with Gasteiger partial charge >= 0.3 is 0 Å². The van der Waals surface area contributed by atoms with Crippen LogP contribution >= 0.6 is 0 Å². The Hall–Kier alpha value is -2.21. The number of nitrogens with one attached hydrogen (secondary N) is 2. The number of hydrogen-bond donors (Lipinski definition) is 2. The Morgan fingerprint density at radius 3 is 3.05 bits per heavy atom. The molecular weight excluding hydrogens is 254 g/mol. The number of imidazole rings is 1. The lowest BCUT2D eigenvalue weighted by Crippen LogP contribution is -2.13. The largest absolute Gasteiger partial charge is 0.342 e. The molecule has 0 amide bonds. The minimum absolute atomic E-state index is 0.215. The van der Waals surface area contributed by atoms with Crippen LogP contribution in [-0.2, 0) is 6.42 Å². The molecule has 6 nitrogen and oxygen atoms in total. The Morgan fingerprint density at radius 1 is 1.25 bits per heavy atom. The molecule has 6 heteroatoms. The summed E-state index contributed by atoms with van der Waals surface area (Å²) in [6.07, 6.45) is 2.78. The van der Waals surface area contributed by atoms with Crippen molar-refractivity contribution in [1.82, 2.24) is 25.4 Å². The topological polar surface area (TPSA) is 79.6 Å². The van der Waals surface area contributed by atoms with Crippen LogP contribution < -0.4 is 5.32 Å². The predicted octanol–water partition coefficient (Wildman–Crippen LogP) is 1.96. The molecule has 1 aliphatic heterocycles. The molecule has 0 radical (unpaired) electrons. The lowest BCUT2D eigenvalue weighted by atomic mass is 10.2. The fourth-order valence-electron chi connectivity index (χ4n) is 2.62. The first kappa shape index (κ1) is 11.6. The van der Waals surface area contributed by atoms with Crippen LogP contribution in [0.25, 0.3) is 11.0 Å². The Bertz CT molecular complexity index is 693. The summed E-state index contributed by atoms with van der Waals surface area (Å²) < 4.78 is 5.33. The van der Waals surface area contributed by atoms with Gasteiger partial charge in [0.05, 0.1) is 23.5 Å². The van der Waals surface area contributed by atoms with Crippen LogP contribution in [0.4, 0.5) is 0 Å². The average Bonchev–Trinajstić information content (AvgIpc) is 3.18. The van der Waals surface area contributed by atoms with Crippen LogP contribution in [0.15, 0.2) is 28.8 Å². The van der Waals surface area contributed by atoms with Crippen molar-refractivity contribution in [2.45, 2.75) is 25.3 Å². The van der Waals surface area contributed by atoms with Gasteiger partial charge in [-0.15, -0.1) is 0 Å². The molecule has 2 aromatic heterocycles. The van der Waals surface area contributed by atoms with Gasteiger partial charge in [0, 0.05) is 0 Å². The van der Waals surface area contributed by atoms with Gasteiger partial charge in [-0.2, -0.15) is 4.98 Å². The second-order valence-corrected chi connectivity index (χ2v) is 5.08. The fraction of sp³-hybridized carbons (Fsp3) is 0.357. The number of rotatable bonds is 3. The first-order chi connectivity index (χ1) is 9.88. The van der Waals surface area contributed by atoms with Crippen LogP contribution in [0.2, 0.25) is 0 Å². The van der Waals surface area contributed by atoms with Gasteiger partial charge in [-0.3, -0.25) is 0 Å². The Labute approximate surface area is 115 Å². The Kier molecular flexibility index (Phi) is 2.74. The van der Waals surface area contributed by atoms with Crippen molar-refractivity contribution in [3.8, 4) is 0 Å². The standard InChI is InChI=1S/C14H15N5O/c1-2-5-10-9(4-1)16-12(17-10)8-13-18-14(20-19-13)11-6-3-7-15-11/h1-2,4-5,11,15H,3,6-8H2,(H,16,17). The quantitative estimate of drug-likeness (QED) is 0.759. The third-order valence-corrected chi connectivity index (χ3v) is 3.61. The zero-order chi connectivity index (χ0) is 13.4. The van der Waals surface area contributed by atoms with Crippen LogP contribution in [0.5, 0.6) is 0 Å². The molecule has 1 atom stereocenters. The molecule has 1 aromatic carbocycles. The SMILES string of the molecule is c1ccc2[nH]c(Cc3noc(C4CCCN4)n3)nc2c1. The molecule has 0 aliphatic carbocycles. The average molecular weight is 269 g/mol. The maximum absolute atomic E-state index is 5.33. The molecule has 0 saturated carbocycles. The van der Waals surface area contributed by atoms with Gasteiger partial charge < -0.3 is 14.8 Å². The first-order valence-corrected chi connectivity index (χ1v) is 6.88. The number of fused-ring (bicyclic) bond motifs is 1. The minimum Gasteiger partial charge on any atom is -0.342 e. The number of aromatic amines is 1. The van der Waals surface area contributed by atoms with Gasteiger partial charge in [0.15, 0.2) is 5.82 Å². The highest BCUT2D eigenvalue weighted by molar-refractivity contribution is 5.74. The second-order valence-electron chi connectivity index (χ2n) is 5.08. The van der Waals surface area contributed by atoms with Crippen LogP contribution in [0, 0.1) is 0 Å². The van der Waals surface area contributed by atoms with Crippen molar-refractivity contribution in [2.24, 2.45) is 0 Å². The number of benzene rings is 1. The molecule has 3 aromatic rings. The third-order valence-electron chi connectivity index (χ3n) is 3.61. The van der Waals surface area contributed by atoms with Crippen molar-refractivity contribution in [3.63, 3.8) is 0 Å². The molecule has 1 aliphatic rings. The molecule has 3 heterocycles. The van der Waals surface area contributed by atoms with E-state index in [0.29, 0.717) is 18.1 Å². The molecule has 2 N–H and O–H groups in total. The summed E-state index contributed by atoms with van der Waals surface area (Å²) in [7, 11) is 0. The van der Waals surface area contributed by atoms with Crippen LogP contribution in [0.1, 0.15) is 36.4 Å². The molecule has 1 saturated heterocycles. The summed E-state index contributed by atoms with van der Waals surface area (Å²) in [5.41, 5.74) is 1.99. The Balaban J connectivity index is 1.56. The molecular formula is C14H15N5O. The first-order valence-electron chi connectivity index (χ1n) is 6.88. The monoisotopic (exact) mass is 269 g/mol. The van der Waals surface area contributed by atoms with Crippen molar-refractivity contribution in [1.29, 1.82) is 0 Å². The van der Waals surface area contributed by atoms with E-state index in [1.807, 2.05) is 24.3 Å². The van der Waals surface area contributed by atoms with Gasteiger partial charge in [0.25, 0.3) is 0 Å². The maximum atomic E-state index is 5.33. The molecule has 0 spiro atoms. The van der Waals surface area contributed by atoms with Gasteiger partial charge in [-0.05, 0) is 31.5 Å². The summed E-state index contributed by atoms with van der Waals surface area (Å²) in [6.45, 7) is 1.02. The normalized spacial score (nSPS) is 18.9. The highest BCUT2D eigenvalue weighted by Crippen LogP contribution is 2.21. The maximum Gasteiger partial charge on any atom is 0.243 e. The van der Waals surface area contributed by atoms with Crippen LogP contribution in [-0.4, -0.2) is 26.7 Å². The molecule has 1 unspecified atom stereocenters. The summed E-state index contributed by atoms with van der Waals surface area (Å²) >= 11 is 0. The number of aromatic nitrogens is 4. The van der Waals surface area contributed by atoms with Crippen molar-refractivity contribution >= 4 is 11.0 Å².